The molecule has 1 fully saturated rings. The quantitative estimate of drug-likeness (QED) is 0.742. The molecule has 0 aliphatic carbocycles. The molecule has 2 rings (SSSR count). The van der Waals surface area contributed by atoms with Crippen LogP contribution in [-0.2, 0) is 10.3 Å². The zero-order chi connectivity index (χ0) is 8.60. The highest BCUT2D eigenvalue weighted by atomic mass is 79.9. The van der Waals surface area contributed by atoms with E-state index in [-0.39, 0.29) is 5.60 Å². The Kier molecular flexibility index (Phi) is 1.92. The molecule has 2 heterocycles. The van der Waals surface area contributed by atoms with Crippen molar-refractivity contribution < 1.29 is 9.15 Å². The van der Waals surface area contributed by atoms with Crippen LogP contribution >= 0.6 is 15.9 Å². The van der Waals surface area contributed by atoms with E-state index in [1.807, 2.05) is 6.92 Å². The number of rotatable bonds is 1. The van der Waals surface area contributed by atoms with Crippen LogP contribution in [0.5, 0.6) is 0 Å². The maximum absolute atomic E-state index is 5.52. The van der Waals surface area contributed by atoms with Crippen molar-refractivity contribution in [2.75, 3.05) is 6.61 Å². The second-order valence-corrected chi connectivity index (χ2v) is 3.72. The number of halogens is 1. The summed E-state index contributed by atoms with van der Waals surface area (Å²) in [7, 11) is 0. The maximum atomic E-state index is 5.52. The van der Waals surface area contributed by atoms with Crippen LogP contribution in [0.4, 0.5) is 0 Å². The van der Waals surface area contributed by atoms with Crippen LogP contribution in [0.3, 0.4) is 0 Å². The third kappa shape index (κ3) is 1.27. The predicted octanol–water partition coefficient (Wildman–Crippen LogP) is 1.86. The van der Waals surface area contributed by atoms with Gasteiger partial charge in [0, 0.05) is 22.5 Å². The zero-order valence-electron chi connectivity index (χ0n) is 6.71. The molecule has 0 N–H and O–H groups in total. The average Bonchev–Trinajstić information content (AvgIpc) is 2.59. The molecule has 12 heavy (non-hydrogen) atoms. The molecule has 0 bridgehead atoms. The minimum absolute atomic E-state index is 0.362. The minimum atomic E-state index is -0.362. The topological polar surface area (TPSA) is 48.2 Å². The van der Waals surface area contributed by atoms with Gasteiger partial charge in [0.05, 0.1) is 0 Å². The van der Waals surface area contributed by atoms with Crippen molar-refractivity contribution in [3.05, 3.63) is 10.7 Å². The predicted molar refractivity (Wildman–Crippen MR) is 44.5 cm³/mol. The van der Waals surface area contributed by atoms with Crippen LogP contribution in [0.15, 0.2) is 9.22 Å². The molecule has 4 nitrogen and oxygen atoms in total. The first-order chi connectivity index (χ1) is 5.71. The Labute approximate surface area is 78.4 Å². The minimum Gasteiger partial charge on any atom is -0.412 e. The highest BCUT2D eigenvalue weighted by molar-refractivity contribution is 9.10. The van der Waals surface area contributed by atoms with Crippen LogP contribution in [0, 0.1) is 0 Å². The molecular formula is C7H9BrN2O2. The average molecular weight is 233 g/mol. The van der Waals surface area contributed by atoms with E-state index in [1.165, 1.54) is 0 Å². The second-order valence-electron chi connectivity index (χ2n) is 3.04. The molecule has 1 aliphatic rings. The lowest BCUT2D eigenvalue weighted by atomic mass is 10.0. The first-order valence-electron chi connectivity index (χ1n) is 3.84. The van der Waals surface area contributed by atoms with Gasteiger partial charge in [-0.2, -0.15) is 0 Å². The zero-order valence-corrected chi connectivity index (χ0v) is 8.30. The molecule has 0 radical (unpaired) electrons. The first-order valence-corrected chi connectivity index (χ1v) is 4.63. The Balaban J connectivity index is 2.28. The second kappa shape index (κ2) is 2.81. The van der Waals surface area contributed by atoms with Crippen LogP contribution in [0.1, 0.15) is 25.7 Å². The summed E-state index contributed by atoms with van der Waals surface area (Å²) in [5.41, 5.74) is -0.362. The van der Waals surface area contributed by atoms with Crippen molar-refractivity contribution in [3.63, 3.8) is 0 Å². The molecule has 66 valence electrons. The lowest BCUT2D eigenvalue weighted by Gasteiger charge is -2.17. The van der Waals surface area contributed by atoms with Gasteiger partial charge < -0.3 is 9.15 Å². The van der Waals surface area contributed by atoms with Crippen molar-refractivity contribution in [2.24, 2.45) is 0 Å². The van der Waals surface area contributed by atoms with Gasteiger partial charge in [-0.15, -0.1) is 10.2 Å². The van der Waals surface area contributed by atoms with E-state index in [0.29, 0.717) is 10.7 Å². The summed E-state index contributed by atoms with van der Waals surface area (Å²) in [5, 5.41) is 7.61. The van der Waals surface area contributed by atoms with E-state index in [1.54, 1.807) is 0 Å². The molecule has 1 aromatic heterocycles. The lowest BCUT2D eigenvalue weighted by molar-refractivity contribution is -0.00600. The SMILES string of the molecule is CC1(c2nnc(Br)o2)CCCO1. The number of nitrogens with zero attached hydrogens (tertiary/aromatic N) is 2. The fraction of sp³-hybridized carbons (Fsp3) is 0.714. The Morgan fingerprint density at radius 3 is 2.83 bits per heavy atom. The number of ether oxygens (including phenoxy) is 1. The van der Waals surface area contributed by atoms with Gasteiger partial charge in [0.15, 0.2) is 0 Å². The fourth-order valence-corrected chi connectivity index (χ4v) is 1.60. The van der Waals surface area contributed by atoms with Crippen molar-refractivity contribution in [2.45, 2.75) is 25.4 Å². The van der Waals surface area contributed by atoms with Crippen molar-refractivity contribution in [1.29, 1.82) is 0 Å². The molecule has 1 unspecified atom stereocenters. The highest BCUT2D eigenvalue weighted by Crippen LogP contribution is 2.34. The van der Waals surface area contributed by atoms with Gasteiger partial charge >= 0.3 is 0 Å². The van der Waals surface area contributed by atoms with E-state index in [0.717, 1.165) is 19.4 Å². The van der Waals surface area contributed by atoms with Gasteiger partial charge in [-0.1, -0.05) is 0 Å². The highest BCUT2D eigenvalue weighted by Gasteiger charge is 2.37. The fourth-order valence-electron chi connectivity index (χ4n) is 1.37. The van der Waals surface area contributed by atoms with Gasteiger partial charge in [-0.05, 0) is 19.8 Å². The molecule has 0 saturated carbocycles. The van der Waals surface area contributed by atoms with E-state index in [2.05, 4.69) is 26.1 Å². The van der Waals surface area contributed by atoms with Gasteiger partial charge in [0.2, 0.25) is 5.89 Å². The van der Waals surface area contributed by atoms with E-state index in [9.17, 15) is 0 Å². The third-order valence-corrected chi connectivity index (χ3v) is 2.39. The number of hydrogen-bond donors (Lipinski definition) is 0. The Hall–Kier alpha value is -0.420. The number of aromatic nitrogens is 2. The van der Waals surface area contributed by atoms with Gasteiger partial charge in [0.25, 0.3) is 4.80 Å². The summed E-state index contributed by atoms with van der Waals surface area (Å²) in [6, 6.07) is 0. The summed E-state index contributed by atoms with van der Waals surface area (Å²) in [4.78, 5) is 0.411. The molecule has 1 atom stereocenters. The summed E-state index contributed by atoms with van der Waals surface area (Å²) in [5.74, 6) is 0.562. The van der Waals surface area contributed by atoms with Gasteiger partial charge in [-0.25, -0.2) is 0 Å². The largest absolute Gasteiger partial charge is 0.412 e. The Morgan fingerprint density at radius 1 is 1.50 bits per heavy atom. The third-order valence-electron chi connectivity index (χ3n) is 2.07. The smallest absolute Gasteiger partial charge is 0.284 e. The molecule has 0 aromatic carbocycles. The Bertz CT molecular complexity index is 281. The van der Waals surface area contributed by atoms with Gasteiger partial charge in [0.1, 0.15) is 5.60 Å². The van der Waals surface area contributed by atoms with Crippen molar-refractivity contribution >= 4 is 15.9 Å². The molecule has 0 spiro atoms. The summed E-state index contributed by atoms with van der Waals surface area (Å²) in [6.07, 6.45) is 2.00. The molecule has 1 aliphatic heterocycles. The van der Waals surface area contributed by atoms with Gasteiger partial charge in [-0.3, -0.25) is 0 Å². The Morgan fingerprint density at radius 2 is 2.33 bits per heavy atom. The monoisotopic (exact) mass is 232 g/mol. The van der Waals surface area contributed by atoms with Crippen LogP contribution in [-0.4, -0.2) is 16.8 Å². The van der Waals surface area contributed by atoms with Crippen LogP contribution < -0.4 is 0 Å². The maximum Gasteiger partial charge on any atom is 0.284 e. The van der Waals surface area contributed by atoms with Crippen LogP contribution in [0.2, 0.25) is 0 Å². The first kappa shape index (κ1) is 8.19. The van der Waals surface area contributed by atoms with E-state index >= 15 is 0 Å². The summed E-state index contributed by atoms with van der Waals surface area (Å²) in [6.45, 7) is 2.75. The standard InChI is InChI=1S/C7H9BrN2O2/c1-7(3-2-4-11-7)5-9-10-6(8)12-5/h2-4H2,1H3. The summed E-state index contributed by atoms with van der Waals surface area (Å²) >= 11 is 3.11. The lowest BCUT2D eigenvalue weighted by Crippen LogP contribution is -2.20. The summed E-state index contributed by atoms with van der Waals surface area (Å²) < 4.78 is 10.8. The normalized spacial score (nSPS) is 29.5. The molecule has 5 heteroatoms. The molecule has 0 amide bonds. The molecule has 1 aromatic rings. The van der Waals surface area contributed by atoms with Crippen LogP contribution in [0.25, 0.3) is 0 Å². The number of hydrogen-bond acceptors (Lipinski definition) is 4. The van der Waals surface area contributed by atoms with E-state index in [4.69, 9.17) is 9.15 Å². The van der Waals surface area contributed by atoms with E-state index < -0.39 is 0 Å². The van der Waals surface area contributed by atoms with Crippen molar-refractivity contribution in [3.8, 4) is 0 Å². The molecular weight excluding hydrogens is 224 g/mol. The van der Waals surface area contributed by atoms with Crippen molar-refractivity contribution in [1.82, 2.24) is 10.2 Å². The molecule has 1 saturated heterocycles.